The van der Waals surface area contributed by atoms with Crippen molar-refractivity contribution in [2.75, 3.05) is 14.7 Å². The average Bonchev–Trinajstić information content (AvgIpc) is 1.53. The van der Waals surface area contributed by atoms with Gasteiger partial charge in [0.2, 0.25) is 0 Å². The van der Waals surface area contributed by atoms with Gasteiger partial charge < -0.3 is 19.3 Å². The van der Waals surface area contributed by atoms with Crippen LogP contribution in [0.5, 0.6) is 0 Å². The fraction of sp³-hybridized carbons (Fsp3) is 0.234. The molecule has 12 bridgehead atoms. The topological polar surface area (TPSA) is 14.7 Å². The molecule has 19 aromatic rings. The van der Waals surface area contributed by atoms with E-state index in [2.05, 4.69) is 470 Å². The largest absolute Gasteiger partial charge is 0.310 e. The summed E-state index contributed by atoms with van der Waals surface area (Å²) in [6.45, 7) is 4.80. The van der Waals surface area contributed by atoms with Crippen molar-refractivity contribution in [3.8, 4) is 83.6 Å². The Balaban J connectivity index is 0.000000102. The van der Waals surface area contributed by atoms with Crippen molar-refractivity contribution in [2.45, 2.75) is 132 Å². The highest BCUT2D eigenvalue weighted by Gasteiger charge is 2.66. The van der Waals surface area contributed by atoms with Crippen LogP contribution in [0.15, 0.2) is 437 Å². The molecule has 0 amide bonds. The van der Waals surface area contributed by atoms with Gasteiger partial charge in [0.1, 0.15) is 0 Å². The summed E-state index contributed by atoms with van der Waals surface area (Å²) in [6.07, 6.45) is 21.2. The van der Waals surface area contributed by atoms with Crippen molar-refractivity contribution in [1.29, 1.82) is 0 Å². The quantitative estimate of drug-likeness (QED) is 0.114. The summed E-state index contributed by atoms with van der Waals surface area (Å²) in [4.78, 5) is 7.70. The third-order valence-electron chi connectivity index (χ3n) is 38.8. The van der Waals surface area contributed by atoms with Gasteiger partial charge in [-0.1, -0.05) is 354 Å². The van der Waals surface area contributed by atoms with E-state index in [0.717, 1.165) is 71.0 Å². The van der Waals surface area contributed by atoms with Crippen LogP contribution >= 0.6 is 0 Å². The van der Waals surface area contributed by atoms with Gasteiger partial charge in [-0.05, 0) is 359 Å². The first-order valence-electron chi connectivity index (χ1n) is 54.5. The minimum atomic E-state index is -0.0811. The van der Waals surface area contributed by atoms with E-state index >= 15 is 0 Å². The summed E-state index contributed by atoms with van der Waals surface area (Å²) in [5.74, 6) is 10.0. The van der Waals surface area contributed by atoms with Crippen molar-refractivity contribution in [3.05, 3.63) is 481 Å². The summed E-state index contributed by atoms with van der Waals surface area (Å²) < 4.78 is 2.44. The number of hydrogen-bond donors (Lipinski definition) is 0. The summed E-state index contributed by atoms with van der Waals surface area (Å²) in [7, 11) is 0. The SMILES string of the molecule is CC1(C)c2ccccc2-c2ccc(N(c3ccccc3-c3ccccc3)c3cccc4c3-c3ccccc3C43C4CC5CC(C4)CC3C5)cc21.c1ccc(-c2ccc(N(c3cccc(-n4c5ccccc5c5ccccc54)c3)c3cccc4c3-c3ccccc3C43C4CC5CC(C4)CC3C5)cc2)cc1.c1ccc(-c2ccccc2N(c2ccccc2)c2cccc3c2-c2ccccc2C32C3CC4CC(C3)CC2C4)cc1. The highest BCUT2D eigenvalue weighted by atomic mass is 15.2. The van der Waals surface area contributed by atoms with Gasteiger partial charge >= 0.3 is 0 Å². The molecule has 1 aromatic heterocycles. The number of hydrogen-bond acceptors (Lipinski definition) is 3. The molecule has 704 valence electrons. The summed E-state index contributed by atoms with van der Waals surface area (Å²) >= 11 is 0. The van der Waals surface area contributed by atoms with Gasteiger partial charge in [0.05, 0.1) is 39.5 Å². The van der Waals surface area contributed by atoms with Crippen LogP contribution in [-0.2, 0) is 21.7 Å². The molecule has 0 radical (unpaired) electrons. The molecule has 4 nitrogen and oxygen atoms in total. The highest BCUT2D eigenvalue weighted by Crippen LogP contribution is 2.75. The fourth-order valence-corrected chi connectivity index (χ4v) is 34.2. The Hall–Kier alpha value is -14.8. The van der Waals surface area contributed by atoms with Crippen LogP contribution in [0.25, 0.3) is 105 Å². The van der Waals surface area contributed by atoms with Crippen molar-refractivity contribution >= 4 is 73.0 Å². The van der Waals surface area contributed by atoms with E-state index < -0.39 is 0 Å². The normalized spacial score (nSPS) is 25.0. The van der Waals surface area contributed by atoms with Gasteiger partial charge in [-0.15, -0.1) is 0 Å². The lowest BCUT2D eigenvalue weighted by Crippen LogP contribution is -2.55. The molecule has 0 saturated heterocycles. The molecule has 3 spiro atoms. The lowest BCUT2D eigenvalue weighted by molar-refractivity contribution is -0.0399. The van der Waals surface area contributed by atoms with Crippen LogP contribution in [0.3, 0.4) is 0 Å². The summed E-state index contributed by atoms with van der Waals surface area (Å²) in [5.41, 5.74) is 46.4. The molecule has 12 fully saturated rings. The molecule has 0 atom stereocenters. The van der Waals surface area contributed by atoms with Gasteiger partial charge in [0, 0.05) is 88.7 Å². The summed E-state index contributed by atoms with van der Waals surface area (Å²) in [5, 5.41) is 2.57. The Labute approximate surface area is 853 Å². The van der Waals surface area contributed by atoms with Crippen molar-refractivity contribution in [1.82, 2.24) is 4.57 Å². The first-order valence-corrected chi connectivity index (χ1v) is 54.5. The molecule has 0 aliphatic heterocycles. The third-order valence-corrected chi connectivity index (χ3v) is 38.8. The molecular weight excluding hydrogens is 1750 g/mol. The molecule has 0 unspecified atom stereocenters. The zero-order chi connectivity index (χ0) is 95.5. The smallest absolute Gasteiger partial charge is 0.0543 e. The number of benzene rings is 18. The molecule has 16 aliphatic carbocycles. The van der Waals surface area contributed by atoms with E-state index in [0.29, 0.717) is 0 Å². The van der Waals surface area contributed by atoms with Crippen molar-refractivity contribution < 1.29 is 0 Å². The van der Waals surface area contributed by atoms with E-state index in [-0.39, 0.29) is 21.7 Å². The standard InChI is InChI=1S/C52H42N2.C49H43N.C40H35N/c1-2-12-36(13-3-1)37-24-26-40(27-25-37)53(41-14-10-15-42(33-41)54-48-21-8-5-16-43(48)44-17-6-9-22-49(44)54)50-23-11-20-47-51(50)45-18-4-7-19-46(45)52(47)38-29-34-28-35(31-38)32-39(52)30-34;1-48(2)41-18-9-6-16-38(41)39-24-23-36(30-44(39)48)50(45-21-11-8-15-37(45)33-13-4-3-5-14-33)46-22-12-20-43-47(46)40-17-7-10-19-42(40)49(43)34-26-31-25-32(28-34)29-35(49)27-31;1-3-12-29(13-4-1)33-16-8-10-20-37(33)41(32-14-5-2-6-15-32)38-21-11-19-36-39(38)34-17-7-9-18-35(34)40(36)30-23-27-22-28(25-30)26-31(40)24-27/h1-27,33-35,38-39H,28-32H2;3-24,30-32,34-35H,25-29H2,1-2H3;1-21,27-28,30-31H,22-26H2. The summed E-state index contributed by atoms with van der Waals surface area (Å²) in [6, 6.07) is 164. The van der Waals surface area contributed by atoms with Crippen LogP contribution in [0.4, 0.5) is 51.2 Å². The van der Waals surface area contributed by atoms with Gasteiger partial charge in [-0.3, -0.25) is 0 Å². The third kappa shape index (κ3) is 12.8. The second-order valence-electron chi connectivity index (χ2n) is 46.1. The second-order valence-corrected chi connectivity index (χ2v) is 46.1. The predicted octanol–water partition coefficient (Wildman–Crippen LogP) is 37.0. The molecule has 4 heteroatoms. The molecule has 35 rings (SSSR count). The van der Waals surface area contributed by atoms with E-state index in [1.807, 2.05) is 0 Å². The zero-order valence-corrected chi connectivity index (χ0v) is 82.9. The van der Waals surface area contributed by atoms with E-state index in [4.69, 9.17) is 0 Å². The maximum absolute atomic E-state index is 2.62. The Bertz CT molecular complexity index is 8210. The van der Waals surface area contributed by atoms with E-state index in [9.17, 15) is 0 Å². The van der Waals surface area contributed by atoms with Crippen LogP contribution in [0, 0.1) is 71.0 Å². The minimum Gasteiger partial charge on any atom is -0.310 e. The van der Waals surface area contributed by atoms with Crippen LogP contribution in [-0.4, -0.2) is 4.57 Å². The van der Waals surface area contributed by atoms with Crippen LogP contribution in [0.1, 0.15) is 155 Å². The van der Waals surface area contributed by atoms with Gasteiger partial charge in [0.25, 0.3) is 0 Å². The number of nitrogens with zero attached hydrogens (tertiary/aromatic N) is 4. The zero-order valence-electron chi connectivity index (χ0n) is 82.9. The molecule has 1 heterocycles. The second kappa shape index (κ2) is 33.4. The molecule has 16 aliphatic rings. The number of para-hydroxylation sites is 5. The Morgan fingerprint density at radius 3 is 0.917 bits per heavy atom. The Kier molecular flexibility index (Phi) is 19.7. The first kappa shape index (κ1) is 85.7. The average molecular weight is 1870 g/mol. The maximum atomic E-state index is 2.62. The lowest BCUT2D eigenvalue weighted by atomic mass is 9.43. The highest BCUT2D eigenvalue weighted by molar-refractivity contribution is 6.10. The minimum absolute atomic E-state index is 0.0811. The molecule has 12 saturated carbocycles. The molecular formula is C141H120N4. The number of rotatable bonds is 13. The number of aromatic nitrogens is 1. The van der Waals surface area contributed by atoms with E-state index in [1.54, 1.807) is 33.4 Å². The Morgan fingerprint density at radius 2 is 0.483 bits per heavy atom. The van der Waals surface area contributed by atoms with Crippen LogP contribution in [0.2, 0.25) is 0 Å². The van der Waals surface area contributed by atoms with Crippen molar-refractivity contribution in [2.24, 2.45) is 71.0 Å². The first-order chi connectivity index (χ1) is 71.6. The molecule has 145 heavy (non-hydrogen) atoms. The van der Waals surface area contributed by atoms with Crippen LogP contribution < -0.4 is 14.7 Å². The van der Waals surface area contributed by atoms with Gasteiger partial charge in [-0.2, -0.15) is 0 Å². The fourth-order valence-electron chi connectivity index (χ4n) is 34.2. The van der Waals surface area contributed by atoms with Gasteiger partial charge in [-0.25, -0.2) is 0 Å². The predicted molar refractivity (Wildman–Crippen MR) is 601 cm³/mol. The molecule has 0 N–H and O–H groups in total. The Morgan fingerprint density at radius 1 is 0.193 bits per heavy atom. The maximum Gasteiger partial charge on any atom is 0.0543 e. The van der Waals surface area contributed by atoms with Gasteiger partial charge in [0.15, 0.2) is 0 Å². The molecule has 18 aromatic carbocycles. The monoisotopic (exact) mass is 1870 g/mol. The number of fused-ring (bicyclic) bond motifs is 15. The van der Waals surface area contributed by atoms with Crippen molar-refractivity contribution in [3.63, 3.8) is 0 Å². The van der Waals surface area contributed by atoms with E-state index in [1.165, 1.54) is 264 Å². The lowest BCUT2D eigenvalue weighted by Gasteiger charge is -2.61. The number of anilines is 9.